The molecule has 1 atom stereocenters. The maximum Gasteiger partial charge on any atom is 0.0991 e. The minimum atomic E-state index is 0.577. The Morgan fingerprint density at radius 1 is 1.40 bits per heavy atom. The molecule has 2 nitrogen and oxygen atoms in total. The van der Waals surface area contributed by atoms with Gasteiger partial charge in [-0.2, -0.15) is 17.0 Å². The van der Waals surface area contributed by atoms with Crippen LogP contribution in [0.15, 0.2) is 24.3 Å². The van der Waals surface area contributed by atoms with E-state index in [1.165, 1.54) is 5.56 Å². The van der Waals surface area contributed by atoms with E-state index in [1.54, 1.807) is 0 Å². The van der Waals surface area contributed by atoms with Crippen LogP contribution < -0.4 is 5.73 Å². The Labute approximate surface area is 95.5 Å². The number of benzene rings is 1. The lowest BCUT2D eigenvalue weighted by Crippen LogP contribution is -2.12. The van der Waals surface area contributed by atoms with Crippen molar-refractivity contribution >= 4 is 11.8 Å². The summed E-state index contributed by atoms with van der Waals surface area (Å²) < 4.78 is 0. The van der Waals surface area contributed by atoms with Gasteiger partial charge in [0.1, 0.15) is 0 Å². The van der Waals surface area contributed by atoms with Crippen LogP contribution in [-0.4, -0.2) is 12.3 Å². The van der Waals surface area contributed by atoms with E-state index in [0.717, 1.165) is 23.6 Å². The van der Waals surface area contributed by atoms with Crippen LogP contribution in [0.5, 0.6) is 0 Å². The molecule has 1 rings (SSSR count). The van der Waals surface area contributed by atoms with E-state index in [1.807, 2.05) is 36.0 Å². The molecule has 1 aromatic carbocycles. The summed E-state index contributed by atoms with van der Waals surface area (Å²) in [7, 11) is 0. The number of nitrogens with two attached hydrogens (primary N) is 1. The predicted molar refractivity (Wildman–Crippen MR) is 65.5 cm³/mol. The van der Waals surface area contributed by atoms with E-state index >= 15 is 0 Å². The van der Waals surface area contributed by atoms with Gasteiger partial charge in [0.05, 0.1) is 11.6 Å². The Morgan fingerprint density at radius 3 is 2.60 bits per heavy atom. The zero-order valence-electron chi connectivity index (χ0n) is 8.94. The molecule has 80 valence electrons. The summed E-state index contributed by atoms with van der Waals surface area (Å²) in [5, 5.41) is 8.64. The van der Waals surface area contributed by atoms with Crippen LogP contribution in [-0.2, 0) is 5.75 Å². The zero-order chi connectivity index (χ0) is 11.1. The van der Waals surface area contributed by atoms with Gasteiger partial charge in [0, 0.05) is 5.75 Å². The van der Waals surface area contributed by atoms with Crippen molar-refractivity contribution in [2.45, 2.75) is 12.7 Å². The highest BCUT2D eigenvalue weighted by Gasteiger charge is 1.99. The fourth-order valence-electron chi connectivity index (χ4n) is 1.12. The number of nitrogens with zero attached hydrogens (tertiary/aromatic N) is 1. The third-order valence-electron chi connectivity index (χ3n) is 2.16. The first-order chi connectivity index (χ1) is 7.26. The molecule has 0 aromatic heterocycles. The molecule has 0 aliphatic rings. The molecule has 15 heavy (non-hydrogen) atoms. The van der Waals surface area contributed by atoms with Gasteiger partial charge < -0.3 is 5.73 Å². The van der Waals surface area contributed by atoms with Gasteiger partial charge in [0.15, 0.2) is 0 Å². The van der Waals surface area contributed by atoms with E-state index in [2.05, 4.69) is 13.0 Å². The summed E-state index contributed by atoms with van der Waals surface area (Å²) in [6.45, 7) is 2.91. The minimum absolute atomic E-state index is 0.577. The minimum Gasteiger partial charge on any atom is -0.330 e. The van der Waals surface area contributed by atoms with Gasteiger partial charge >= 0.3 is 0 Å². The molecule has 0 spiro atoms. The lowest BCUT2D eigenvalue weighted by atomic mass is 10.2. The van der Waals surface area contributed by atoms with Crippen molar-refractivity contribution in [1.29, 1.82) is 5.26 Å². The molecular formula is C12H16N2S. The van der Waals surface area contributed by atoms with Crippen LogP contribution in [0.25, 0.3) is 0 Å². The van der Waals surface area contributed by atoms with Crippen LogP contribution in [0.2, 0.25) is 0 Å². The van der Waals surface area contributed by atoms with Gasteiger partial charge in [0.25, 0.3) is 0 Å². The molecule has 2 N–H and O–H groups in total. The molecule has 0 aliphatic heterocycles. The summed E-state index contributed by atoms with van der Waals surface area (Å²) in [4.78, 5) is 0. The van der Waals surface area contributed by atoms with E-state index in [4.69, 9.17) is 11.0 Å². The van der Waals surface area contributed by atoms with E-state index in [9.17, 15) is 0 Å². The molecule has 0 saturated carbocycles. The highest BCUT2D eigenvalue weighted by Crippen LogP contribution is 2.15. The topological polar surface area (TPSA) is 49.8 Å². The fraction of sp³-hybridized carbons (Fsp3) is 0.417. The zero-order valence-corrected chi connectivity index (χ0v) is 9.76. The Bertz CT molecular complexity index is 326. The van der Waals surface area contributed by atoms with Crippen molar-refractivity contribution in [3.05, 3.63) is 35.4 Å². The maximum atomic E-state index is 8.64. The molecule has 0 saturated heterocycles. The summed E-state index contributed by atoms with van der Waals surface area (Å²) in [6, 6.07) is 9.87. The second-order valence-electron chi connectivity index (χ2n) is 3.66. The number of thioether (sulfide) groups is 1. The standard InChI is InChI=1S/C12H16N2S/c1-10(6-13)8-15-9-12-4-2-11(7-14)3-5-12/h2-5,10H,6,8-9,13H2,1H3. The van der Waals surface area contributed by atoms with Crippen LogP contribution in [0.3, 0.4) is 0 Å². The summed E-state index contributed by atoms with van der Waals surface area (Å²) in [6.07, 6.45) is 0. The summed E-state index contributed by atoms with van der Waals surface area (Å²) in [5.74, 6) is 2.67. The van der Waals surface area contributed by atoms with Crippen LogP contribution in [0.1, 0.15) is 18.1 Å². The van der Waals surface area contributed by atoms with Crippen molar-refractivity contribution in [2.75, 3.05) is 12.3 Å². The third kappa shape index (κ3) is 4.37. The van der Waals surface area contributed by atoms with Gasteiger partial charge in [0.2, 0.25) is 0 Å². The number of hydrogen-bond acceptors (Lipinski definition) is 3. The van der Waals surface area contributed by atoms with Gasteiger partial charge in [-0.3, -0.25) is 0 Å². The quantitative estimate of drug-likeness (QED) is 0.829. The highest BCUT2D eigenvalue weighted by molar-refractivity contribution is 7.98. The highest BCUT2D eigenvalue weighted by atomic mass is 32.2. The first-order valence-electron chi connectivity index (χ1n) is 5.03. The monoisotopic (exact) mass is 220 g/mol. The molecule has 3 heteroatoms. The van der Waals surface area contributed by atoms with E-state index in [0.29, 0.717) is 5.92 Å². The molecule has 1 aromatic rings. The number of rotatable bonds is 5. The second-order valence-corrected chi connectivity index (χ2v) is 4.69. The first kappa shape index (κ1) is 12.1. The predicted octanol–water partition coefficient (Wildman–Crippen LogP) is 2.39. The number of hydrogen-bond donors (Lipinski definition) is 1. The third-order valence-corrected chi connectivity index (χ3v) is 3.50. The average molecular weight is 220 g/mol. The molecule has 0 fully saturated rings. The van der Waals surface area contributed by atoms with E-state index in [-0.39, 0.29) is 0 Å². The second kappa shape index (κ2) is 6.49. The van der Waals surface area contributed by atoms with Crippen LogP contribution in [0.4, 0.5) is 0 Å². The number of nitriles is 1. The van der Waals surface area contributed by atoms with Crippen LogP contribution in [0, 0.1) is 17.2 Å². The normalized spacial score (nSPS) is 12.1. The molecule has 0 radical (unpaired) electrons. The van der Waals surface area contributed by atoms with Crippen molar-refractivity contribution < 1.29 is 0 Å². The SMILES string of the molecule is CC(CN)CSCc1ccc(C#N)cc1. The smallest absolute Gasteiger partial charge is 0.0991 e. The van der Waals surface area contributed by atoms with Crippen molar-refractivity contribution in [3.8, 4) is 6.07 Å². The molecule has 1 unspecified atom stereocenters. The fourth-order valence-corrected chi connectivity index (χ4v) is 2.21. The molecule has 0 amide bonds. The maximum absolute atomic E-state index is 8.64. The van der Waals surface area contributed by atoms with Crippen LogP contribution >= 0.6 is 11.8 Å². The Morgan fingerprint density at radius 2 is 2.07 bits per heavy atom. The molecule has 0 aliphatic carbocycles. The van der Waals surface area contributed by atoms with Crippen molar-refractivity contribution in [1.82, 2.24) is 0 Å². The lowest BCUT2D eigenvalue weighted by Gasteiger charge is -2.07. The first-order valence-corrected chi connectivity index (χ1v) is 6.18. The van der Waals surface area contributed by atoms with Crippen molar-refractivity contribution in [2.24, 2.45) is 11.7 Å². The van der Waals surface area contributed by atoms with Gasteiger partial charge in [-0.25, -0.2) is 0 Å². The lowest BCUT2D eigenvalue weighted by molar-refractivity contribution is 0.675. The average Bonchev–Trinajstić information content (AvgIpc) is 2.29. The summed E-state index contributed by atoms with van der Waals surface area (Å²) >= 11 is 1.89. The Balaban J connectivity index is 2.35. The van der Waals surface area contributed by atoms with Gasteiger partial charge in [-0.05, 0) is 35.9 Å². The Hall–Kier alpha value is -0.980. The van der Waals surface area contributed by atoms with Gasteiger partial charge in [-0.1, -0.05) is 19.1 Å². The van der Waals surface area contributed by atoms with Gasteiger partial charge in [-0.15, -0.1) is 0 Å². The molecule has 0 bridgehead atoms. The molecular weight excluding hydrogens is 204 g/mol. The molecule has 0 heterocycles. The Kier molecular flexibility index (Phi) is 5.23. The van der Waals surface area contributed by atoms with E-state index < -0.39 is 0 Å². The summed E-state index contributed by atoms with van der Waals surface area (Å²) in [5.41, 5.74) is 7.53. The van der Waals surface area contributed by atoms with Crippen molar-refractivity contribution in [3.63, 3.8) is 0 Å². The largest absolute Gasteiger partial charge is 0.330 e.